The lowest BCUT2D eigenvalue weighted by Crippen LogP contribution is -2.20. The summed E-state index contributed by atoms with van der Waals surface area (Å²) in [5.74, 6) is 0.382. The molecule has 0 unspecified atom stereocenters. The Hall–Kier alpha value is -3.28. The van der Waals surface area contributed by atoms with Gasteiger partial charge in [-0.05, 0) is 30.2 Å². The summed E-state index contributed by atoms with van der Waals surface area (Å²) in [5.41, 5.74) is 4.62. The Kier molecular flexibility index (Phi) is 7.86. The first-order valence-corrected chi connectivity index (χ1v) is 9.89. The highest BCUT2D eigenvalue weighted by Crippen LogP contribution is 2.34. The highest BCUT2D eigenvalue weighted by atomic mass is 32.2. The van der Waals surface area contributed by atoms with Crippen molar-refractivity contribution in [3.8, 4) is 5.88 Å². The third-order valence-corrected chi connectivity index (χ3v) is 4.63. The van der Waals surface area contributed by atoms with E-state index >= 15 is 0 Å². The molecule has 0 radical (unpaired) electrons. The zero-order valence-electron chi connectivity index (χ0n) is 17.3. The van der Waals surface area contributed by atoms with Gasteiger partial charge in [0.05, 0.1) is 30.2 Å². The Morgan fingerprint density at radius 3 is 2.52 bits per heavy atom. The molecular formula is C19H22F3N7OS. The Morgan fingerprint density at radius 1 is 1.23 bits per heavy atom. The summed E-state index contributed by atoms with van der Waals surface area (Å²) in [5, 5.41) is 12.7. The molecule has 0 saturated heterocycles. The van der Waals surface area contributed by atoms with Gasteiger partial charge in [0.25, 0.3) is 0 Å². The van der Waals surface area contributed by atoms with E-state index in [0.29, 0.717) is 22.5 Å². The summed E-state index contributed by atoms with van der Waals surface area (Å²) >= 11 is 1.20. The van der Waals surface area contributed by atoms with Crippen molar-refractivity contribution in [3.05, 3.63) is 48.2 Å². The number of halogens is 3. The molecule has 3 rings (SSSR count). The molecule has 0 bridgehead atoms. The maximum atomic E-state index is 12.5. The van der Waals surface area contributed by atoms with E-state index in [1.165, 1.54) is 31.3 Å². The number of ether oxygens (including phenoxy) is 1. The molecule has 4 N–H and O–H groups in total. The fourth-order valence-corrected chi connectivity index (χ4v) is 3.06. The van der Waals surface area contributed by atoms with E-state index in [4.69, 9.17) is 15.9 Å². The third kappa shape index (κ3) is 5.66. The highest BCUT2D eigenvalue weighted by molar-refractivity contribution is 8.00. The molecule has 0 aliphatic carbocycles. The lowest BCUT2D eigenvalue weighted by molar-refractivity contribution is -0.0925. The Labute approximate surface area is 181 Å². The minimum atomic E-state index is -4.69. The van der Waals surface area contributed by atoms with Crippen molar-refractivity contribution in [1.29, 1.82) is 5.41 Å². The largest absolute Gasteiger partial charge is 0.479 e. The van der Waals surface area contributed by atoms with E-state index in [2.05, 4.69) is 19.8 Å². The molecule has 0 amide bonds. The van der Waals surface area contributed by atoms with Gasteiger partial charge in [0.2, 0.25) is 5.88 Å². The van der Waals surface area contributed by atoms with E-state index < -0.39 is 17.6 Å². The van der Waals surface area contributed by atoms with Crippen molar-refractivity contribution >= 4 is 34.2 Å². The van der Waals surface area contributed by atoms with Crippen molar-refractivity contribution in [1.82, 2.24) is 19.7 Å². The van der Waals surface area contributed by atoms with E-state index in [9.17, 15) is 13.2 Å². The van der Waals surface area contributed by atoms with Crippen LogP contribution in [0.5, 0.6) is 5.88 Å². The van der Waals surface area contributed by atoms with Gasteiger partial charge in [-0.2, -0.15) is 18.3 Å². The van der Waals surface area contributed by atoms with Crippen LogP contribution in [0.2, 0.25) is 0 Å². The van der Waals surface area contributed by atoms with Gasteiger partial charge in [-0.1, -0.05) is 13.8 Å². The van der Waals surface area contributed by atoms with E-state index in [0.717, 1.165) is 10.9 Å². The number of aryl methyl sites for hydroxylation is 1. The number of rotatable bonds is 6. The Morgan fingerprint density at radius 2 is 1.94 bits per heavy atom. The van der Waals surface area contributed by atoms with Crippen molar-refractivity contribution in [2.24, 2.45) is 12.8 Å². The zero-order chi connectivity index (χ0) is 23.2. The standard InChI is InChI=1S/C17H16F3N7OS.C2H6/c1-27-15-9(7-25-27)6-24-16(28-2)14(15)26-29-10-3-4-12(23-8-10)11(21)5-13(22)17(18,19)20;1-2/h3-8,21,26H,22H2,1-2H3;1-2H3/b13-5-,21-11?;. The predicted molar refractivity (Wildman–Crippen MR) is 115 cm³/mol. The molecule has 12 heteroatoms. The summed E-state index contributed by atoms with van der Waals surface area (Å²) in [7, 11) is 3.29. The second-order valence-corrected chi connectivity index (χ2v) is 6.69. The first-order valence-electron chi connectivity index (χ1n) is 9.07. The van der Waals surface area contributed by atoms with Crippen LogP contribution in [0, 0.1) is 5.41 Å². The average Bonchev–Trinajstić information content (AvgIpc) is 3.14. The summed E-state index contributed by atoms with van der Waals surface area (Å²) in [6.07, 6.45) is 0.611. The fourth-order valence-electron chi connectivity index (χ4n) is 2.42. The van der Waals surface area contributed by atoms with Crippen molar-refractivity contribution in [3.63, 3.8) is 0 Å². The van der Waals surface area contributed by atoms with Gasteiger partial charge in [-0.25, -0.2) is 4.98 Å². The van der Waals surface area contributed by atoms with Crippen LogP contribution in [-0.2, 0) is 7.05 Å². The zero-order valence-corrected chi connectivity index (χ0v) is 18.1. The van der Waals surface area contributed by atoms with Gasteiger partial charge in [-0.15, -0.1) is 0 Å². The molecule has 8 nitrogen and oxygen atoms in total. The second-order valence-electron chi connectivity index (χ2n) is 5.81. The number of nitrogens with one attached hydrogen (secondary N) is 2. The summed E-state index contributed by atoms with van der Waals surface area (Å²) in [6.45, 7) is 4.00. The van der Waals surface area contributed by atoms with Crippen LogP contribution in [0.3, 0.4) is 0 Å². The van der Waals surface area contributed by atoms with E-state index in [1.807, 2.05) is 13.8 Å². The quantitative estimate of drug-likeness (QED) is 0.377. The van der Waals surface area contributed by atoms with Crippen LogP contribution in [0.4, 0.5) is 18.9 Å². The summed E-state index contributed by atoms with van der Waals surface area (Å²) < 4.78 is 47.6. The Balaban J connectivity index is 0.00000166. The van der Waals surface area contributed by atoms with Crippen LogP contribution in [0.1, 0.15) is 19.5 Å². The van der Waals surface area contributed by atoms with Crippen LogP contribution >= 0.6 is 11.9 Å². The number of fused-ring (bicyclic) bond motifs is 1. The molecule has 0 aliphatic rings. The smallest absolute Gasteiger partial charge is 0.430 e. The number of nitrogens with zero attached hydrogens (tertiary/aromatic N) is 4. The SMILES string of the molecule is CC.COc1ncc2cnn(C)c2c1NSc1ccc(C(=N)/C=C(\N)C(F)(F)F)nc1. The van der Waals surface area contributed by atoms with E-state index in [-0.39, 0.29) is 5.69 Å². The number of alkyl halides is 3. The summed E-state index contributed by atoms with van der Waals surface area (Å²) in [4.78, 5) is 8.91. The van der Waals surface area contributed by atoms with Crippen LogP contribution in [0.25, 0.3) is 10.9 Å². The summed E-state index contributed by atoms with van der Waals surface area (Å²) in [6, 6.07) is 3.06. The molecule has 0 aliphatic heterocycles. The van der Waals surface area contributed by atoms with Gasteiger partial charge < -0.3 is 15.2 Å². The molecule has 0 atom stereocenters. The first-order chi connectivity index (χ1) is 14.7. The molecule has 0 aromatic carbocycles. The molecule has 3 aromatic heterocycles. The third-order valence-electron chi connectivity index (χ3n) is 3.84. The van der Waals surface area contributed by atoms with Crippen LogP contribution in [0.15, 0.2) is 47.4 Å². The number of hydrogen-bond donors (Lipinski definition) is 3. The van der Waals surface area contributed by atoms with Crippen molar-refractivity contribution < 1.29 is 17.9 Å². The van der Waals surface area contributed by atoms with E-state index in [1.54, 1.807) is 30.2 Å². The topological polar surface area (TPSA) is 115 Å². The van der Waals surface area contributed by atoms with Gasteiger partial charge in [0, 0.05) is 29.7 Å². The lowest BCUT2D eigenvalue weighted by Gasteiger charge is -2.11. The second kappa shape index (κ2) is 10.2. The van der Waals surface area contributed by atoms with Crippen LogP contribution < -0.4 is 15.2 Å². The fraction of sp³-hybridized carbons (Fsp3) is 0.263. The number of nitrogens with two attached hydrogens (primary N) is 1. The molecule has 166 valence electrons. The van der Waals surface area contributed by atoms with Crippen LogP contribution in [-0.4, -0.2) is 38.7 Å². The first kappa shape index (κ1) is 24.0. The lowest BCUT2D eigenvalue weighted by atomic mass is 10.2. The minimum absolute atomic E-state index is 0.0644. The average molecular weight is 453 g/mol. The van der Waals surface area contributed by atoms with Crippen molar-refractivity contribution in [2.75, 3.05) is 11.8 Å². The number of pyridine rings is 2. The van der Waals surface area contributed by atoms with Gasteiger partial charge >= 0.3 is 6.18 Å². The predicted octanol–water partition coefficient (Wildman–Crippen LogP) is 4.29. The molecule has 0 fully saturated rings. The maximum Gasteiger partial charge on any atom is 0.430 e. The van der Waals surface area contributed by atoms with Gasteiger partial charge in [-0.3, -0.25) is 15.1 Å². The molecule has 0 saturated carbocycles. The van der Waals surface area contributed by atoms with Crippen molar-refractivity contribution in [2.45, 2.75) is 24.9 Å². The molecule has 3 heterocycles. The highest BCUT2D eigenvalue weighted by Gasteiger charge is 2.31. The number of allylic oxidation sites excluding steroid dienone is 2. The normalized spacial score (nSPS) is 11.6. The number of methoxy groups -OCH3 is 1. The molecule has 3 aromatic rings. The number of anilines is 1. The monoisotopic (exact) mass is 453 g/mol. The Bertz CT molecular complexity index is 1080. The van der Waals surface area contributed by atoms with Gasteiger partial charge in [0.15, 0.2) is 0 Å². The van der Waals surface area contributed by atoms with Gasteiger partial charge in [0.1, 0.15) is 11.4 Å². The molecular weight excluding hydrogens is 431 g/mol. The molecule has 31 heavy (non-hydrogen) atoms. The maximum absolute atomic E-state index is 12.5. The molecule has 0 spiro atoms. The number of hydrogen-bond acceptors (Lipinski definition) is 8. The minimum Gasteiger partial charge on any atom is -0.479 e. The number of aromatic nitrogens is 4.